The first-order chi connectivity index (χ1) is 14.1. The summed E-state index contributed by atoms with van der Waals surface area (Å²) >= 11 is 0. The molecule has 0 spiro atoms. The Labute approximate surface area is 172 Å². The molecule has 0 atom stereocenters. The van der Waals surface area contributed by atoms with E-state index in [1.54, 1.807) is 0 Å². The summed E-state index contributed by atoms with van der Waals surface area (Å²) in [5.74, 6) is -0.0316. The van der Waals surface area contributed by atoms with Gasteiger partial charge in [0.2, 0.25) is 5.91 Å². The first-order valence-electron chi connectivity index (χ1n) is 10.8. The molecule has 4 amide bonds. The second-order valence-electron chi connectivity index (χ2n) is 7.96. The Morgan fingerprint density at radius 3 is 2.28 bits per heavy atom. The van der Waals surface area contributed by atoms with Gasteiger partial charge >= 0.3 is 6.03 Å². The average molecular weight is 401 g/mol. The fourth-order valence-corrected chi connectivity index (χ4v) is 3.93. The van der Waals surface area contributed by atoms with Gasteiger partial charge in [-0.1, -0.05) is 31.4 Å². The van der Waals surface area contributed by atoms with E-state index >= 15 is 0 Å². The number of likely N-dealkylation sites (tertiary alicyclic amines) is 1. The molecule has 1 aliphatic carbocycles. The van der Waals surface area contributed by atoms with Crippen molar-refractivity contribution < 1.29 is 14.4 Å². The molecule has 1 aromatic rings. The summed E-state index contributed by atoms with van der Waals surface area (Å²) in [6, 6.07) is 7.46. The van der Waals surface area contributed by atoms with Crippen LogP contribution in [0.5, 0.6) is 0 Å². The topological polar surface area (TPSA) is 90.5 Å². The van der Waals surface area contributed by atoms with E-state index in [9.17, 15) is 14.4 Å². The molecule has 0 aromatic heterocycles. The third kappa shape index (κ3) is 6.76. The molecule has 0 bridgehead atoms. The van der Waals surface area contributed by atoms with Gasteiger partial charge in [0.25, 0.3) is 5.91 Å². The Kier molecular flexibility index (Phi) is 7.90. The minimum atomic E-state index is -0.192. The highest BCUT2D eigenvalue weighted by Gasteiger charge is 2.19. The van der Waals surface area contributed by atoms with Crippen LogP contribution in [0.3, 0.4) is 0 Å². The van der Waals surface area contributed by atoms with Crippen LogP contribution >= 0.6 is 0 Å². The third-order valence-corrected chi connectivity index (χ3v) is 5.66. The Hall–Kier alpha value is -2.57. The predicted molar refractivity (Wildman–Crippen MR) is 111 cm³/mol. The van der Waals surface area contributed by atoms with Crippen molar-refractivity contribution in [2.75, 3.05) is 19.6 Å². The van der Waals surface area contributed by atoms with Crippen LogP contribution in [-0.2, 0) is 11.3 Å². The molecule has 1 aliphatic heterocycles. The van der Waals surface area contributed by atoms with Gasteiger partial charge in [-0.05, 0) is 43.4 Å². The smallest absolute Gasteiger partial charge is 0.315 e. The van der Waals surface area contributed by atoms with E-state index in [2.05, 4.69) is 16.0 Å². The maximum absolute atomic E-state index is 12.3. The van der Waals surface area contributed by atoms with Gasteiger partial charge in [-0.3, -0.25) is 9.59 Å². The maximum atomic E-state index is 12.3. The van der Waals surface area contributed by atoms with E-state index in [0.29, 0.717) is 18.7 Å². The number of nitrogens with one attached hydrogen (secondary N) is 3. The molecule has 2 fully saturated rings. The number of nitrogens with zero attached hydrogens (tertiary/aromatic N) is 1. The lowest BCUT2D eigenvalue weighted by Crippen LogP contribution is -2.43. The van der Waals surface area contributed by atoms with E-state index in [-0.39, 0.29) is 30.3 Å². The van der Waals surface area contributed by atoms with E-state index in [1.807, 2.05) is 29.2 Å². The van der Waals surface area contributed by atoms with Gasteiger partial charge in [0, 0.05) is 44.2 Å². The predicted octanol–water partition coefficient (Wildman–Crippen LogP) is 2.56. The zero-order valence-electron chi connectivity index (χ0n) is 17.0. The van der Waals surface area contributed by atoms with Crippen molar-refractivity contribution >= 4 is 17.8 Å². The second-order valence-corrected chi connectivity index (χ2v) is 7.96. The van der Waals surface area contributed by atoms with E-state index in [0.717, 1.165) is 44.3 Å². The van der Waals surface area contributed by atoms with Crippen molar-refractivity contribution in [3.8, 4) is 0 Å². The highest BCUT2D eigenvalue weighted by Crippen LogP contribution is 2.17. The Morgan fingerprint density at radius 1 is 0.897 bits per heavy atom. The van der Waals surface area contributed by atoms with Gasteiger partial charge in [0.1, 0.15) is 0 Å². The minimum absolute atomic E-state index is 0.0793. The van der Waals surface area contributed by atoms with Crippen molar-refractivity contribution in [2.45, 2.75) is 64.0 Å². The fourth-order valence-electron chi connectivity index (χ4n) is 3.93. The van der Waals surface area contributed by atoms with Gasteiger partial charge in [-0.2, -0.15) is 0 Å². The third-order valence-electron chi connectivity index (χ3n) is 5.66. The molecule has 3 N–H and O–H groups in total. The Bertz CT molecular complexity index is 693. The summed E-state index contributed by atoms with van der Waals surface area (Å²) in [6.45, 7) is 2.39. The summed E-state index contributed by atoms with van der Waals surface area (Å²) < 4.78 is 0. The van der Waals surface area contributed by atoms with Crippen LogP contribution in [0, 0.1) is 0 Å². The largest absolute Gasteiger partial charge is 0.352 e. The van der Waals surface area contributed by atoms with Crippen molar-refractivity contribution in [1.82, 2.24) is 20.9 Å². The highest BCUT2D eigenvalue weighted by molar-refractivity contribution is 5.94. The number of urea groups is 1. The number of carbonyl (C=O) groups is 3. The van der Waals surface area contributed by atoms with Crippen molar-refractivity contribution in [3.63, 3.8) is 0 Å². The van der Waals surface area contributed by atoms with Gasteiger partial charge < -0.3 is 20.9 Å². The Balaban J connectivity index is 1.31. The number of carbonyl (C=O) groups excluding carboxylic acids is 3. The normalized spacial score (nSPS) is 17.0. The number of hydrogen-bond donors (Lipinski definition) is 3. The second kappa shape index (κ2) is 10.8. The van der Waals surface area contributed by atoms with Gasteiger partial charge in [0.15, 0.2) is 0 Å². The lowest BCUT2D eigenvalue weighted by molar-refractivity contribution is -0.121. The van der Waals surface area contributed by atoms with E-state index in [4.69, 9.17) is 0 Å². The number of benzene rings is 1. The molecular weight excluding hydrogens is 368 g/mol. The summed E-state index contributed by atoms with van der Waals surface area (Å²) in [7, 11) is 0. The number of hydrogen-bond acceptors (Lipinski definition) is 3. The average Bonchev–Trinajstić information content (AvgIpc) is 3.28. The first-order valence-corrected chi connectivity index (χ1v) is 10.8. The van der Waals surface area contributed by atoms with Crippen LogP contribution < -0.4 is 16.0 Å². The molecule has 158 valence electrons. The summed E-state index contributed by atoms with van der Waals surface area (Å²) in [5.41, 5.74) is 1.63. The lowest BCUT2D eigenvalue weighted by atomic mass is 9.96. The molecule has 0 radical (unpaired) electrons. The van der Waals surface area contributed by atoms with Crippen LogP contribution in [-0.4, -0.2) is 48.4 Å². The molecule has 0 unspecified atom stereocenters. The van der Waals surface area contributed by atoms with Gasteiger partial charge in [-0.15, -0.1) is 0 Å². The van der Waals surface area contributed by atoms with Crippen LogP contribution in [0.25, 0.3) is 0 Å². The van der Waals surface area contributed by atoms with E-state index in [1.165, 1.54) is 19.3 Å². The highest BCUT2D eigenvalue weighted by atomic mass is 16.2. The molecular formula is C22H32N4O3. The van der Waals surface area contributed by atoms with Gasteiger partial charge in [-0.25, -0.2) is 4.79 Å². The SMILES string of the molecule is O=C(CCNC(=O)NC1CCCCC1)NCc1ccc(C(=O)N2CCCC2)cc1. The standard InChI is InChI=1S/C22H32N4O3/c27-20(12-13-23-22(29)25-19-6-2-1-3-7-19)24-16-17-8-10-18(11-9-17)21(28)26-14-4-5-15-26/h8-11,19H,1-7,12-16H2,(H,24,27)(H2,23,25,29). The zero-order valence-corrected chi connectivity index (χ0v) is 17.0. The van der Waals surface area contributed by atoms with Crippen LogP contribution in [0.2, 0.25) is 0 Å². The fraction of sp³-hybridized carbons (Fsp3) is 0.591. The first kappa shape index (κ1) is 21.1. The summed E-state index contributed by atoms with van der Waals surface area (Å²) in [6.07, 6.45) is 8.05. The summed E-state index contributed by atoms with van der Waals surface area (Å²) in [4.78, 5) is 38.1. The lowest BCUT2D eigenvalue weighted by Gasteiger charge is -2.22. The van der Waals surface area contributed by atoms with Crippen LogP contribution in [0.1, 0.15) is 67.3 Å². The van der Waals surface area contributed by atoms with Gasteiger partial charge in [0.05, 0.1) is 0 Å². The van der Waals surface area contributed by atoms with Crippen molar-refractivity contribution in [3.05, 3.63) is 35.4 Å². The summed E-state index contributed by atoms with van der Waals surface area (Å²) in [5, 5.41) is 8.58. The molecule has 1 aromatic carbocycles. The molecule has 2 aliphatic rings. The number of rotatable bonds is 7. The monoisotopic (exact) mass is 400 g/mol. The molecule has 7 nitrogen and oxygen atoms in total. The van der Waals surface area contributed by atoms with Crippen molar-refractivity contribution in [1.29, 1.82) is 0 Å². The molecule has 1 saturated heterocycles. The van der Waals surface area contributed by atoms with E-state index < -0.39 is 0 Å². The van der Waals surface area contributed by atoms with Crippen LogP contribution in [0.4, 0.5) is 4.79 Å². The van der Waals surface area contributed by atoms with Crippen molar-refractivity contribution in [2.24, 2.45) is 0 Å². The molecule has 7 heteroatoms. The minimum Gasteiger partial charge on any atom is -0.352 e. The zero-order chi connectivity index (χ0) is 20.5. The molecule has 1 saturated carbocycles. The quantitative estimate of drug-likeness (QED) is 0.657. The molecule has 3 rings (SSSR count). The Morgan fingerprint density at radius 2 is 1.59 bits per heavy atom. The number of amides is 4. The maximum Gasteiger partial charge on any atom is 0.315 e. The molecule has 29 heavy (non-hydrogen) atoms. The molecule has 1 heterocycles. The van der Waals surface area contributed by atoms with Crippen LogP contribution in [0.15, 0.2) is 24.3 Å².